The predicted molar refractivity (Wildman–Crippen MR) is 131 cm³/mol. The van der Waals surface area contributed by atoms with Gasteiger partial charge in [-0.05, 0) is 33.8 Å². The summed E-state index contributed by atoms with van der Waals surface area (Å²) in [6.45, 7) is 11.1. The Morgan fingerprint density at radius 2 is 1.91 bits per heavy atom. The minimum atomic E-state index is -1.05. The van der Waals surface area contributed by atoms with Gasteiger partial charge in [0.05, 0.1) is 14.2 Å². The van der Waals surface area contributed by atoms with Crippen molar-refractivity contribution in [2.24, 2.45) is 0 Å². The molecule has 0 aliphatic heterocycles. The van der Waals surface area contributed by atoms with E-state index in [1.54, 1.807) is 31.2 Å². The summed E-state index contributed by atoms with van der Waals surface area (Å²) in [5, 5.41) is 9.24. The lowest BCUT2D eigenvalue weighted by Gasteiger charge is -2.34. The van der Waals surface area contributed by atoms with Crippen molar-refractivity contribution in [1.82, 2.24) is 15.4 Å². The Morgan fingerprint density at radius 3 is 2.46 bits per heavy atom. The van der Waals surface area contributed by atoms with Gasteiger partial charge < -0.3 is 29.5 Å². The number of carbonyl (C=O) groups excluding carboxylic acids is 3. The van der Waals surface area contributed by atoms with Crippen LogP contribution in [0, 0.1) is 6.92 Å². The number of nitrogens with one attached hydrogen (secondary N) is 2. The molecule has 0 unspecified atom stereocenters. The molecule has 0 aliphatic rings. The zero-order valence-electron chi connectivity index (χ0n) is 21.1. The van der Waals surface area contributed by atoms with Crippen LogP contribution in [0.5, 0.6) is 11.5 Å². The van der Waals surface area contributed by atoms with Crippen LogP contribution in [-0.4, -0.2) is 54.1 Å². The third-order valence-corrected chi connectivity index (χ3v) is 4.89. The van der Waals surface area contributed by atoms with Crippen LogP contribution in [0.3, 0.4) is 0 Å². The van der Waals surface area contributed by atoms with E-state index in [0.717, 1.165) is 0 Å². The molecule has 1 aromatic carbocycles. The van der Waals surface area contributed by atoms with Crippen molar-refractivity contribution in [2.75, 3.05) is 26.1 Å². The first-order chi connectivity index (χ1) is 16.5. The molecule has 2 rings (SSSR count). The van der Waals surface area contributed by atoms with Crippen LogP contribution in [0.15, 0.2) is 41.4 Å². The molecule has 0 bridgehead atoms. The maximum absolute atomic E-state index is 13.5. The lowest BCUT2D eigenvalue weighted by atomic mass is 9.99. The molecule has 2 aromatic rings. The van der Waals surface area contributed by atoms with Crippen molar-refractivity contribution in [1.29, 1.82) is 0 Å². The highest BCUT2D eigenvalue weighted by molar-refractivity contribution is 5.94. The molecule has 10 nitrogen and oxygen atoms in total. The summed E-state index contributed by atoms with van der Waals surface area (Å²) in [5.41, 5.74) is -0.105. The SMILES string of the molecule is C=CCN(C(=O)CCC(=O)Nc1cc(C)on1)[C@@H](C(=O)NC(C)(C)C)c1cccc(OC)c1OC. The molecule has 10 heteroatoms. The van der Waals surface area contributed by atoms with E-state index in [-0.39, 0.29) is 25.2 Å². The number of hydrogen-bond donors (Lipinski definition) is 2. The molecule has 0 fully saturated rings. The van der Waals surface area contributed by atoms with Crippen LogP contribution in [0.4, 0.5) is 5.82 Å². The van der Waals surface area contributed by atoms with Crippen molar-refractivity contribution in [3.05, 3.63) is 48.2 Å². The fourth-order valence-electron chi connectivity index (χ4n) is 3.50. The average molecular weight is 487 g/mol. The summed E-state index contributed by atoms with van der Waals surface area (Å²) in [4.78, 5) is 40.6. The van der Waals surface area contributed by atoms with E-state index in [1.807, 2.05) is 20.8 Å². The average Bonchev–Trinajstić information content (AvgIpc) is 3.19. The second-order valence-corrected chi connectivity index (χ2v) is 8.93. The standard InChI is InChI=1S/C25H34N4O6/c1-8-14-29(21(31)13-12-20(30)26-19-15-16(2)35-28-19)22(24(32)27-25(3,4)5)17-10-9-11-18(33-6)23(17)34-7/h8-11,15,22H,1,12-14H2,2-7H3,(H,27,32)(H,26,28,30)/t22-/m1/s1. The number of rotatable bonds is 11. The van der Waals surface area contributed by atoms with E-state index in [1.165, 1.54) is 25.2 Å². The van der Waals surface area contributed by atoms with Crippen LogP contribution >= 0.6 is 0 Å². The van der Waals surface area contributed by atoms with Crippen molar-refractivity contribution in [3.8, 4) is 11.5 Å². The van der Waals surface area contributed by atoms with Gasteiger partial charge in [-0.3, -0.25) is 14.4 Å². The summed E-state index contributed by atoms with van der Waals surface area (Å²) in [5.74, 6) is 0.369. The van der Waals surface area contributed by atoms with Crippen LogP contribution in [0.1, 0.15) is 51.0 Å². The molecule has 0 spiro atoms. The van der Waals surface area contributed by atoms with Crippen molar-refractivity contribution in [3.63, 3.8) is 0 Å². The van der Waals surface area contributed by atoms with Gasteiger partial charge in [0.15, 0.2) is 17.3 Å². The number of methoxy groups -OCH3 is 2. The van der Waals surface area contributed by atoms with Gasteiger partial charge >= 0.3 is 0 Å². The first-order valence-corrected chi connectivity index (χ1v) is 11.2. The molecule has 1 atom stereocenters. The van der Waals surface area contributed by atoms with E-state index >= 15 is 0 Å². The van der Waals surface area contributed by atoms with Gasteiger partial charge in [-0.2, -0.15) is 0 Å². The summed E-state index contributed by atoms with van der Waals surface area (Å²) >= 11 is 0. The highest BCUT2D eigenvalue weighted by Crippen LogP contribution is 2.37. The van der Waals surface area contributed by atoms with Crippen LogP contribution in [0.2, 0.25) is 0 Å². The number of aromatic nitrogens is 1. The number of ether oxygens (including phenoxy) is 2. The lowest BCUT2D eigenvalue weighted by molar-refractivity contribution is -0.141. The van der Waals surface area contributed by atoms with Gasteiger partial charge in [0.2, 0.25) is 17.7 Å². The van der Waals surface area contributed by atoms with E-state index in [4.69, 9.17) is 14.0 Å². The number of carbonyl (C=O) groups is 3. The van der Waals surface area contributed by atoms with E-state index in [0.29, 0.717) is 22.8 Å². The molecule has 1 heterocycles. The smallest absolute Gasteiger partial charge is 0.248 e. The summed E-state index contributed by atoms with van der Waals surface area (Å²) in [7, 11) is 2.96. The van der Waals surface area contributed by atoms with E-state index in [9.17, 15) is 14.4 Å². The first kappa shape index (κ1) is 27.4. The minimum absolute atomic E-state index is 0.0749. The molecule has 0 aliphatic carbocycles. The van der Waals surface area contributed by atoms with Gasteiger partial charge in [0.25, 0.3) is 0 Å². The maximum atomic E-state index is 13.5. The number of amides is 3. The fraction of sp³-hybridized carbons (Fsp3) is 0.440. The summed E-state index contributed by atoms with van der Waals surface area (Å²) < 4.78 is 15.9. The number of aryl methyl sites for hydroxylation is 1. The number of hydrogen-bond acceptors (Lipinski definition) is 7. The molecular weight excluding hydrogens is 452 g/mol. The Morgan fingerprint density at radius 1 is 1.20 bits per heavy atom. The predicted octanol–water partition coefficient (Wildman–Crippen LogP) is 3.39. The van der Waals surface area contributed by atoms with Gasteiger partial charge in [0.1, 0.15) is 11.8 Å². The topological polar surface area (TPSA) is 123 Å². The molecular formula is C25H34N4O6. The maximum Gasteiger partial charge on any atom is 0.248 e. The highest BCUT2D eigenvalue weighted by Gasteiger charge is 2.35. The largest absolute Gasteiger partial charge is 0.493 e. The molecule has 3 amide bonds. The van der Waals surface area contributed by atoms with E-state index < -0.39 is 29.3 Å². The Hall–Kier alpha value is -3.82. The molecule has 190 valence electrons. The molecule has 0 saturated heterocycles. The minimum Gasteiger partial charge on any atom is -0.493 e. The second-order valence-electron chi connectivity index (χ2n) is 8.93. The van der Waals surface area contributed by atoms with Crippen LogP contribution in [-0.2, 0) is 14.4 Å². The highest BCUT2D eigenvalue weighted by atomic mass is 16.5. The number of benzene rings is 1. The number of nitrogens with zero attached hydrogens (tertiary/aromatic N) is 2. The molecule has 2 N–H and O–H groups in total. The lowest BCUT2D eigenvalue weighted by Crippen LogP contribution is -2.49. The molecule has 1 aromatic heterocycles. The van der Waals surface area contributed by atoms with Crippen LogP contribution < -0.4 is 20.1 Å². The third kappa shape index (κ3) is 7.59. The molecule has 35 heavy (non-hydrogen) atoms. The normalized spacial score (nSPS) is 11.8. The van der Waals surface area contributed by atoms with Crippen LogP contribution in [0.25, 0.3) is 0 Å². The Balaban J connectivity index is 2.36. The van der Waals surface area contributed by atoms with Crippen molar-refractivity contribution >= 4 is 23.5 Å². The zero-order chi connectivity index (χ0) is 26.2. The molecule has 0 radical (unpaired) electrons. The molecule has 0 saturated carbocycles. The Kier molecular flexibility index (Phi) is 9.44. The summed E-state index contributed by atoms with van der Waals surface area (Å²) in [6.07, 6.45) is 1.28. The van der Waals surface area contributed by atoms with Crippen molar-refractivity contribution < 1.29 is 28.4 Å². The first-order valence-electron chi connectivity index (χ1n) is 11.2. The zero-order valence-corrected chi connectivity index (χ0v) is 21.1. The van der Waals surface area contributed by atoms with Gasteiger partial charge in [-0.15, -0.1) is 6.58 Å². The Labute approximate surface area is 205 Å². The fourth-order valence-corrected chi connectivity index (χ4v) is 3.50. The third-order valence-electron chi connectivity index (χ3n) is 4.89. The van der Waals surface area contributed by atoms with Crippen molar-refractivity contribution in [2.45, 2.75) is 52.1 Å². The van der Waals surface area contributed by atoms with Gasteiger partial charge in [0, 0.05) is 36.6 Å². The summed E-state index contributed by atoms with van der Waals surface area (Å²) in [6, 6.07) is 5.66. The monoisotopic (exact) mass is 486 g/mol. The number of para-hydroxylation sites is 1. The van der Waals surface area contributed by atoms with Gasteiger partial charge in [-0.25, -0.2) is 0 Å². The number of anilines is 1. The van der Waals surface area contributed by atoms with Gasteiger partial charge in [-0.1, -0.05) is 23.4 Å². The quantitative estimate of drug-likeness (QED) is 0.467. The Bertz CT molecular complexity index is 1060. The van der Waals surface area contributed by atoms with E-state index in [2.05, 4.69) is 22.4 Å². The second kappa shape index (κ2) is 12.0.